The number of carbonyl (C=O) groups is 1. The second kappa shape index (κ2) is 11.0. The van der Waals surface area contributed by atoms with E-state index in [1.807, 2.05) is 55.3 Å². The maximum absolute atomic E-state index is 11.3. The third-order valence-electron chi connectivity index (χ3n) is 3.63. The van der Waals surface area contributed by atoms with Gasteiger partial charge in [-0.1, -0.05) is 35.9 Å². The van der Waals surface area contributed by atoms with Crippen LogP contribution in [0.1, 0.15) is 28.4 Å². The Morgan fingerprint density at radius 3 is 2.54 bits per heavy atom. The van der Waals surface area contributed by atoms with E-state index in [0.717, 1.165) is 28.7 Å². The Kier molecular flexibility index (Phi) is 9.43. The van der Waals surface area contributed by atoms with Crippen molar-refractivity contribution in [3.05, 3.63) is 70.2 Å². The zero-order valence-corrected chi connectivity index (χ0v) is 18.0. The van der Waals surface area contributed by atoms with Gasteiger partial charge in [0.15, 0.2) is 5.96 Å². The molecule has 0 unspecified atom stereocenters. The first-order valence-electron chi connectivity index (χ1n) is 8.12. The Bertz CT molecular complexity index is 767. The summed E-state index contributed by atoms with van der Waals surface area (Å²) in [6.07, 6.45) is 0. The summed E-state index contributed by atoms with van der Waals surface area (Å²) >= 11 is 6.05. The van der Waals surface area contributed by atoms with Gasteiger partial charge in [0, 0.05) is 30.7 Å². The predicted molar refractivity (Wildman–Crippen MR) is 118 cm³/mol. The van der Waals surface area contributed by atoms with Crippen LogP contribution >= 0.6 is 35.6 Å². The highest BCUT2D eigenvalue weighted by molar-refractivity contribution is 14.0. The summed E-state index contributed by atoms with van der Waals surface area (Å²) in [6, 6.07) is 15.0. The molecular formula is C19H24ClIN4O. The van der Waals surface area contributed by atoms with Crippen molar-refractivity contribution in [3.8, 4) is 0 Å². The number of guanidine groups is 1. The summed E-state index contributed by atoms with van der Waals surface area (Å²) in [5.74, 6) is 0.350. The number of hydrogen-bond acceptors (Lipinski definition) is 2. The van der Waals surface area contributed by atoms with E-state index in [2.05, 4.69) is 10.3 Å². The second-order valence-electron chi connectivity index (χ2n) is 5.72. The number of primary amides is 1. The highest BCUT2D eigenvalue weighted by Gasteiger charge is 2.07. The number of nitrogens with one attached hydrogen (secondary N) is 1. The molecule has 7 heteroatoms. The van der Waals surface area contributed by atoms with Crippen LogP contribution in [-0.4, -0.2) is 30.4 Å². The smallest absolute Gasteiger partial charge is 0.248 e. The van der Waals surface area contributed by atoms with Crippen LogP contribution in [0.2, 0.25) is 5.02 Å². The quantitative estimate of drug-likeness (QED) is 0.372. The fourth-order valence-corrected chi connectivity index (χ4v) is 2.66. The summed E-state index contributed by atoms with van der Waals surface area (Å²) in [4.78, 5) is 18.0. The van der Waals surface area contributed by atoms with Crippen LogP contribution in [0.15, 0.2) is 53.5 Å². The van der Waals surface area contributed by atoms with Gasteiger partial charge < -0.3 is 16.0 Å². The van der Waals surface area contributed by atoms with Gasteiger partial charge in [-0.25, -0.2) is 4.99 Å². The molecule has 2 rings (SSSR count). The zero-order valence-electron chi connectivity index (χ0n) is 14.9. The van der Waals surface area contributed by atoms with Gasteiger partial charge in [-0.05, 0) is 42.3 Å². The standard InChI is InChI=1S/C19H23ClN4O.HI/c1-3-22-19(24(2)13-15-7-5-9-17(20)11-15)23-12-14-6-4-8-16(10-14)18(21)25;/h4-11H,3,12-13H2,1-2H3,(H2,21,25)(H,22,23);1H. The number of rotatable bonds is 6. The first kappa shape index (κ1) is 22.2. The van der Waals surface area contributed by atoms with Crippen LogP contribution in [0, 0.1) is 0 Å². The van der Waals surface area contributed by atoms with Gasteiger partial charge >= 0.3 is 0 Å². The molecule has 0 saturated carbocycles. The van der Waals surface area contributed by atoms with Crippen molar-refractivity contribution in [1.82, 2.24) is 10.2 Å². The van der Waals surface area contributed by atoms with E-state index >= 15 is 0 Å². The van der Waals surface area contributed by atoms with Gasteiger partial charge in [0.25, 0.3) is 0 Å². The lowest BCUT2D eigenvalue weighted by molar-refractivity contribution is 0.1000. The van der Waals surface area contributed by atoms with Crippen LogP contribution in [0.4, 0.5) is 0 Å². The maximum Gasteiger partial charge on any atom is 0.248 e. The molecule has 0 bridgehead atoms. The van der Waals surface area contributed by atoms with Crippen molar-refractivity contribution in [3.63, 3.8) is 0 Å². The maximum atomic E-state index is 11.3. The summed E-state index contributed by atoms with van der Waals surface area (Å²) in [7, 11) is 1.97. The molecule has 0 spiro atoms. The molecule has 140 valence electrons. The van der Waals surface area contributed by atoms with Gasteiger partial charge in [-0.3, -0.25) is 4.79 Å². The highest BCUT2D eigenvalue weighted by atomic mass is 127. The molecule has 5 nitrogen and oxygen atoms in total. The zero-order chi connectivity index (χ0) is 18.2. The Morgan fingerprint density at radius 2 is 1.88 bits per heavy atom. The van der Waals surface area contributed by atoms with Gasteiger partial charge in [-0.15, -0.1) is 24.0 Å². The van der Waals surface area contributed by atoms with Crippen LogP contribution in [0.5, 0.6) is 0 Å². The molecule has 0 aromatic heterocycles. The molecule has 0 aliphatic rings. The summed E-state index contributed by atoms with van der Waals surface area (Å²) in [5.41, 5.74) is 7.86. The molecule has 0 fully saturated rings. The second-order valence-corrected chi connectivity index (χ2v) is 6.16. The number of amides is 1. The average Bonchev–Trinajstić information content (AvgIpc) is 2.58. The summed E-state index contributed by atoms with van der Waals surface area (Å²) in [6.45, 7) is 3.94. The molecule has 0 aliphatic heterocycles. The minimum atomic E-state index is -0.434. The van der Waals surface area contributed by atoms with E-state index in [-0.39, 0.29) is 24.0 Å². The third kappa shape index (κ3) is 6.84. The molecule has 0 aliphatic carbocycles. The molecule has 0 atom stereocenters. The molecule has 0 heterocycles. The van der Waals surface area contributed by atoms with E-state index in [9.17, 15) is 4.79 Å². The summed E-state index contributed by atoms with van der Waals surface area (Å²) < 4.78 is 0. The topological polar surface area (TPSA) is 70.7 Å². The number of nitrogens with zero attached hydrogens (tertiary/aromatic N) is 2. The van der Waals surface area contributed by atoms with Gasteiger partial charge in [0.2, 0.25) is 5.91 Å². The van der Waals surface area contributed by atoms with Crippen molar-refractivity contribution >= 4 is 47.4 Å². The monoisotopic (exact) mass is 486 g/mol. The van der Waals surface area contributed by atoms with E-state index < -0.39 is 5.91 Å². The lowest BCUT2D eigenvalue weighted by Crippen LogP contribution is -2.38. The molecule has 26 heavy (non-hydrogen) atoms. The van der Waals surface area contributed by atoms with E-state index in [4.69, 9.17) is 17.3 Å². The Morgan fingerprint density at radius 1 is 1.19 bits per heavy atom. The molecule has 2 aromatic carbocycles. The predicted octanol–water partition coefficient (Wildman–Crippen LogP) is 3.65. The van der Waals surface area contributed by atoms with Crippen molar-refractivity contribution in [2.75, 3.05) is 13.6 Å². The van der Waals surface area contributed by atoms with Crippen LogP contribution in [0.25, 0.3) is 0 Å². The minimum absolute atomic E-state index is 0. The van der Waals surface area contributed by atoms with Crippen molar-refractivity contribution in [1.29, 1.82) is 0 Å². The van der Waals surface area contributed by atoms with Crippen LogP contribution in [0.3, 0.4) is 0 Å². The van der Waals surface area contributed by atoms with Crippen LogP contribution < -0.4 is 11.1 Å². The summed E-state index contributed by atoms with van der Waals surface area (Å²) in [5, 5.41) is 3.99. The number of benzene rings is 2. The fourth-order valence-electron chi connectivity index (χ4n) is 2.44. The highest BCUT2D eigenvalue weighted by Crippen LogP contribution is 2.12. The van der Waals surface area contributed by atoms with Gasteiger partial charge in [0.05, 0.1) is 6.54 Å². The number of aliphatic imine (C=N–C) groups is 1. The third-order valence-corrected chi connectivity index (χ3v) is 3.86. The van der Waals surface area contributed by atoms with Gasteiger partial charge in [0.1, 0.15) is 0 Å². The minimum Gasteiger partial charge on any atom is -0.366 e. The van der Waals surface area contributed by atoms with E-state index in [1.54, 1.807) is 12.1 Å². The van der Waals surface area contributed by atoms with E-state index in [1.165, 1.54) is 0 Å². The Hall–Kier alpha value is -1.80. The molecule has 0 saturated heterocycles. The fraction of sp³-hybridized carbons (Fsp3) is 0.263. The van der Waals surface area contributed by atoms with Gasteiger partial charge in [-0.2, -0.15) is 0 Å². The molecule has 1 amide bonds. The lowest BCUT2D eigenvalue weighted by Gasteiger charge is -2.22. The number of halogens is 2. The number of carbonyl (C=O) groups excluding carboxylic acids is 1. The average molecular weight is 487 g/mol. The molecule has 2 aromatic rings. The number of hydrogen-bond donors (Lipinski definition) is 2. The first-order valence-corrected chi connectivity index (χ1v) is 8.50. The molecular weight excluding hydrogens is 463 g/mol. The number of nitrogens with two attached hydrogens (primary N) is 1. The van der Waals surface area contributed by atoms with Crippen LogP contribution in [-0.2, 0) is 13.1 Å². The first-order chi connectivity index (χ1) is 12.0. The SMILES string of the molecule is CCNC(=NCc1cccc(C(N)=O)c1)N(C)Cc1cccc(Cl)c1.I. The van der Waals surface area contributed by atoms with Crippen molar-refractivity contribution in [2.24, 2.45) is 10.7 Å². The largest absolute Gasteiger partial charge is 0.366 e. The molecule has 0 radical (unpaired) electrons. The normalized spacial score (nSPS) is 10.8. The van der Waals surface area contributed by atoms with E-state index in [0.29, 0.717) is 18.7 Å². The Balaban J connectivity index is 0.00000338. The lowest BCUT2D eigenvalue weighted by atomic mass is 10.1. The van der Waals surface area contributed by atoms with Crippen molar-refractivity contribution in [2.45, 2.75) is 20.0 Å². The Labute approximate surface area is 176 Å². The molecule has 3 N–H and O–H groups in total. The van der Waals surface area contributed by atoms with Crippen molar-refractivity contribution < 1.29 is 4.79 Å².